The van der Waals surface area contributed by atoms with Crippen molar-refractivity contribution in [2.24, 2.45) is 22.2 Å². The third kappa shape index (κ3) is 6.10. The molecule has 1 atom stereocenters. The van der Waals surface area contributed by atoms with Crippen LogP contribution in [0.3, 0.4) is 0 Å². The summed E-state index contributed by atoms with van der Waals surface area (Å²) < 4.78 is 0. The highest BCUT2D eigenvalue weighted by atomic mass is 16.1. The van der Waals surface area contributed by atoms with Crippen LogP contribution in [0.15, 0.2) is 4.99 Å². The van der Waals surface area contributed by atoms with Crippen molar-refractivity contribution in [2.75, 3.05) is 6.54 Å². The van der Waals surface area contributed by atoms with Gasteiger partial charge in [0.25, 0.3) is 0 Å². The van der Waals surface area contributed by atoms with E-state index in [0.717, 1.165) is 6.42 Å². The number of hydrogen-bond donors (Lipinski definition) is 3. The number of rotatable bonds is 6. The molecule has 0 aromatic heterocycles. The van der Waals surface area contributed by atoms with Gasteiger partial charge in [-0.05, 0) is 12.8 Å². The number of Topliss-reactive ketones (excluding diaryl/α,β-unsaturated/α-hetero) is 1. The molecule has 0 aliphatic heterocycles. The fourth-order valence-corrected chi connectivity index (χ4v) is 0.943. The second-order valence-corrected chi connectivity index (χ2v) is 2.88. The van der Waals surface area contributed by atoms with Gasteiger partial charge in [-0.25, -0.2) is 0 Å². The molecule has 0 aliphatic carbocycles. The first-order valence-electron chi connectivity index (χ1n) is 4.41. The van der Waals surface area contributed by atoms with Gasteiger partial charge in [-0.1, -0.05) is 6.92 Å². The van der Waals surface area contributed by atoms with E-state index < -0.39 is 0 Å². The summed E-state index contributed by atoms with van der Waals surface area (Å²) in [5.74, 6) is 0.167. The van der Waals surface area contributed by atoms with Crippen molar-refractivity contribution in [3.8, 4) is 0 Å². The number of aliphatic imine (C=N–C) groups is 1. The highest BCUT2D eigenvalue weighted by Crippen LogP contribution is 1.98. The summed E-state index contributed by atoms with van der Waals surface area (Å²) in [7, 11) is 0. The zero-order chi connectivity index (χ0) is 10.3. The molecule has 0 saturated carbocycles. The molecule has 76 valence electrons. The van der Waals surface area contributed by atoms with Gasteiger partial charge in [0.1, 0.15) is 5.78 Å². The number of ketones is 1. The van der Waals surface area contributed by atoms with Gasteiger partial charge in [-0.3, -0.25) is 9.79 Å². The van der Waals surface area contributed by atoms with Gasteiger partial charge in [0.2, 0.25) is 0 Å². The Labute approximate surface area is 78.4 Å². The Morgan fingerprint density at radius 2 is 2.08 bits per heavy atom. The van der Waals surface area contributed by atoms with Crippen molar-refractivity contribution in [3.05, 3.63) is 0 Å². The highest BCUT2D eigenvalue weighted by Gasteiger charge is 2.09. The standard InChI is InChI=1S/C8H18N4O/c1-2-7(13)6(9)4-3-5-12-8(10)11/h6H,2-5,9H2,1H3,(H4,10,11,12)/t6-/m0/s1. The summed E-state index contributed by atoms with van der Waals surface area (Å²) in [6, 6.07) is -0.362. The van der Waals surface area contributed by atoms with Crippen molar-refractivity contribution in [1.29, 1.82) is 0 Å². The molecule has 0 radical (unpaired) electrons. The van der Waals surface area contributed by atoms with Crippen LogP contribution in [0.2, 0.25) is 0 Å². The zero-order valence-corrected chi connectivity index (χ0v) is 7.99. The van der Waals surface area contributed by atoms with Crippen LogP contribution < -0.4 is 17.2 Å². The van der Waals surface area contributed by atoms with Crippen molar-refractivity contribution < 1.29 is 4.79 Å². The molecule has 0 aliphatic rings. The molecule has 5 heteroatoms. The lowest BCUT2D eigenvalue weighted by Gasteiger charge is -2.07. The van der Waals surface area contributed by atoms with E-state index in [0.29, 0.717) is 19.4 Å². The molecule has 0 aromatic carbocycles. The van der Waals surface area contributed by atoms with Crippen LogP contribution in [0.4, 0.5) is 0 Å². The summed E-state index contributed by atoms with van der Waals surface area (Å²) in [5, 5.41) is 0. The summed E-state index contributed by atoms with van der Waals surface area (Å²) in [6.07, 6.45) is 1.87. The molecule has 6 N–H and O–H groups in total. The van der Waals surface area contributed by atoms with Crippen LogP contribution in [-0.2, 0) is 4.79 Å². The molecule has 0 amide bonds. The van der Waals surface area contributed by atoms with E-state index >= 15 is 0 Å². The topological polar surface area (TPSA) is 107 Å². The third-order valence-electron chi connectivity index (χ3n) is 1.73. The van der Waals surface area contributed by atoms with E-state index in [2.05, 4.69) is 4.99 Å². The average molecular weight is 186 g/mol. The highest BCUT2D eigenvalue weighted by molar-refractivity contribution is 5.83. The zero-order valence-electron chi connectivity index (χ0n) is 7.99. The monoisotopic (exact) mass is 186 g/mol. The van der Waals surface area contributed by atoms with E-state index in [4.69, 9.17) is 17.2 Å². The minimum Gasteiger partial charge on any atom is -0.370 e. The van der Waals surface area contributed by atoms with E-state index in [9.17, 15) is 4.79 Å². The molecule has 0 saturated heterocycles. The van der Waals surface area contributed by atoms with Crippen molar-refractivity contribution in [3.63, 3.8) is 0 Å². The van der Waals surface area contributed by atoms with Crippen molar-refractivity contribution in [2.45, 2.75) is 32.2 Å². The Bertz CT molecular complexity index is 187. The molecule has 13 heavy (non-hydrogen) atoms. The van der Waals surface area contributed by atoms with Crippen LogP contribution in [-0.4, -0.2) is 24.3 Å². The Morgan fingerprint density at radius 1 is 1.46 bits per heavy atom. The van der Waals surface area contributed by atoms with Gasteiger partial charge < -0.3 is 17.2 Å². The normalized spacial score (nSPS) is 12.2. The van der Waals surface area contributed by atoms with E-state index in [1.165, 1.54) is 0 Å². The van der Waals surface area contributed by atoms with E-state index in [1.807, 2.05) is 0 Å². The fraction of sp³-hybridized carbons (Fsp3) is 0.750. The van der Waals surface area contributed by atoms with Gasteiger partial charge >= 0.3 is 0 Å². The van der Waals surface area contributed by atoms with Gasteiger partial charge in [0, 0.05) is 13.0 Å². The predicted octanol–water partition coefficient (Wildman–Crippen LogP) is -0.654. The molecule has 0 aromatic rings. The van der Waals surface area contributed by atoms with Gasteiger partial charge in [0.15, 0.2) is 5.96 Å². The van der Waals surface area contributed by atoms with Crippen molar-refractivity contribution in [1.82, 2.24) is 0 Å². The van der Waals surface area contributed by atoms with Crippen LogP contribution in [0.1, 0.15) is 26.2 Å². The van der Waals surface area contributed by atoms with E-state index in [1.54, 1.807) is 6.92 Å². The number of nitrogens with two attached hydrogens (primary N) is 3. The Kier molecular flexibility index (Phi) is 5.88. The molecule has 5 nitrogen and oxygen atoms in total. The van der Waals surface area contributed by atoms with Crippen LogP contribution in [0.5, 0.6) is 0 Å². The summed E-state index contributed by atoms with van der Waals surface area (Å²) in [4.78, 5) is 14.8. The molecule has 0 fully saturated rings. The average Bonchev–Trinajstić information content (AvgIpc) is 2.10. The third-order valence-corrected chi connectivity index (χ3v) is 1.73. The Morgan fingerprint density at radius 3 is 2.54 bits per heavy atom. The largest absolute Gasteiger partial charge is 0.370 e. The molecule has 0 rings (SSSR count). The number of hydrogen-bond acceptors (Lipinski definition) is 3. The molecule has 0 unspecified atom stereocenters. The lowest BCUT2D eigenvalue weighted by atomic mass is 10.1. The second-order valence-electron chi connectivity index (χ2n) is 2.88. The van der Waals surface area contributed by atoms with Crippen molar-refractivity contribution >= 4 is 11.7 Å². The first-order chi connectivity index (χ1) is 6.07. The van der Waals surface area contributed by atoms with Crippen LogP contribution in [0, 0.1) is 0 Å². The van der Waals surface area contributed by atoms with Gasteiger partial charge in [0.05, 0.1) is 6.04 Å². The fourth-order valence-electron chi connectivity index (χ4n) is 0.943. The first-order valence-corrected chi connectivity index (χ1v) is 4.41. The lowest BCUT2D eigenvalue weighted by molar-refractivity contribution is -0.120. The van der Waals surface area contributed by atoms with Gasteiger partial charge in [-0.2, -0.15) is 0 Å². The SMILES string of the molecule is CCC(=O)[C@@H](N)CCCN=C(N)N. The maximum Gasteiger partial charge on any atom is 0.185 e. The molecular weight excluding hydrogens is 168 g/mol. The minimum atomic E-state index is -0.362. The Hall–Kier alpha value is -1.10. The molecule has 0 heterocycles. The quantitative estimate of drug-likeness (QED) is 0.291. The summed E-state index contributed by atoms with van der Waals surface area (Å²) in [5.41, 5.74) is 15.8. The maximum absolute atomic E-state index is 11.0. The van der Waals surface area contributed by atoms with E-state index in [-0.39, 0.29) is 17.8 Å². The summed E-state index contributed by atoms with van der Waals surface area (Å²) in [6.45, 7) is 2.34. The number of nitrogens with zero attached hydrogens (tertiary/aromatic N) is 1. The maximum atomic E-state index is 11.0. The number of carbonyl (C=O) groups is 1. The predicted molar refractivity (Wildman–Crippen MR) is 53.2 cm³/mol. The molecular formula is C8H18N4O. The minimum absolute atomic E-state index is 0.0791. The second kappa shape index (κ2) is 6.42. The Balaban J connectivity index is 3.53. The van der Waals surface area contributed by atoms with Crippen LogP contribution >= 0.6 is 0 Å². The number of guanidine groups is 1. The molecule has 0 spiro atoms. The van der Waals surface area contributed by atoms with Gasteiger partial charge in [-0.15, -0.1) is 0 Å². The molecule has 0 bridgehead atoms. The number of carbonyl (C=O) groups excluding carboxylic acids is 1. The van der Waals surface area contributed by atoms with Crippen LogP contribution in [0.25, 0.3) is 0 Å². The summed E-state index contributed by atoms with van der Waals surface area (Å²) >= 11 is 0. The smallest absolute Gasteiger partial charge is 0.185 e. The lowest BCUT2D eigenvalue weighted by Crippen LogP contribution is -2.30. The first kappa shape index (κ1) is 11.9.